The van der Waals surface area contributed by atoms with Crippen LogP contribution in [-0.4, -0.2) is 43.2 Å². The van der Waals surface area contributed by atoms with Crippen LogP contribution in [-0.2, 0) is 20.7 Å². The first-order valence-corrected chi connectivity index (χ1v) is 8.72. The third kappa shape index (κ3) is 4.12. The minimum Gasteiger partial charge on any atom is -0.375 e. The maximum atomic E-state index is 12.4. The standard InChI is InChI=1S/C19H27NO3/c1-14-7-8-16(23-14)9-10-19(21)20(2)13-18-17-6-4-3-5-15(17)11-12-22-18/h3-6,14,16,18H,7-13H2,1-2H3/t14-,16+,18+/m1/s1. The quantitative estimate of drug-likeness (QED) is 0.837. The predicted octanol–water partition coefficient (Wildman–Crippen LogP) is 3.11. The molecule has 1 aromatic rings. The van der Waals surface area contributed by atoms with Crippen LogP contribution in [0.25, 0.3) is 0 Å². The highest BCUT2D eigenvalue weighted by Crippen LogP contribution is 2.28. The van der Waals surface area contributed by atoms with Gasteiger partial charge in [-0.1, -0.05) is 24.3 Å². The highest BCUT2D eigenvalue weighted by atomic mass is 16.5. The lowest BCUT2D eigenvalue weighted by molar-refractivity contribution is -0.132. The summed E-state index contributed by atoms with van der Waals surface area (Å²) in [5.41, 5.74) is 2.57. The molecule has 0 spiro atoms. The van der Waals surface area contributed by atoms with Gasteiger partial charge in [0.05, 0.1) is 25.4 Å². The molecular formula is C19H27NO3. The first-order valence-electron chi connectivity index (χ1n) is 8.72. The van der Waals surface area contributed by atoms with Crippen molar-refractivity contribution < 1.29 is 14.3 Å². The second-order valence-corrected chi connectivity index (χ2v) is 6.77. The Morgan fingerprint density at radius 1 is 1.30 bits per heavy atom. The van der Waals surface area contributed by atoms with Crippen molar-refractivity contribution in [3.05, 3.63) is 35.4 Å². The van der Waals surface area contributed by atoms with E-state index in [0.717, 1.165) is 32.3 Å². The molecule has 0 radical (unpaired) electrons. The summed E-state index contributed by atoms with van der Waals surface area (Å²) < 4.78 is 11.7. The van der Waals surface area contributed by atoms with Crippen molar-refractivity contribution >= 4 is 5.91 Å². The van der Waals surface area contributed by atoms with Gasteiger partial charge in [-0.25, -0.2) is 0 Å². The van der Waals surface area contributed by atoms with E-state index in [-0.39, 0.29) is 18.1 Å². The molecule has 0 saturated carbocycles. The summed E-state index contributed by atoms with van der Waals surface area (Å²) in [6.45, 7) is 3.46. The minimum absolute atomic E-state index is 0.00310. The van der Waals surface area contributed by atoms with Crippen molar-refractivity contribution in [2.75, 3.05) is 20.2 Å². The highest BCUT2D eigenvalue weighted by molar-refractivity contribution is 5.75. The number of likely N-dealkylation sites (N-methyl/N-ethyl adjacent to an activating group) is 1. The lowest BCUT2D eigenvalue weighted by atomic mass is 9.97. The van der Waals surface area contributed by atoms with E-state index in [1.165, 1.54) is 11.1 Å². The predicted molar refractivity (Wildman–Crippen MR) is 89.3 cm³/mol. The summed E-state index contributed by atoms with van der Waals surface area (Å²) >= 11 is 0. The SMILES string of the molecule is C[C@@H]1CC[C@@H](CCC(=O)N(C)C[C@@H]2OCCc3ccccc32)O1. The molecule has 126 valence electrons. The number of hydrogen-bond donors (Lipinski definition) is 0. The molecule has 1 amide bonds. The van der Waals surface area contributed by atoms with E-state index < -0.39 is 0 Å². The Labute approximate surface area is 138 Å². The summed E-state index contributed by atoms with van der Waals surface area (Å²) in [7, 11) is 1.88. The number of hydrogen-bond acceptors (Lipinski definition) is 3. The van der Waals surface area contributed by atoms with Gasteiger partial charge in [0.25, 0.3) is 0 Å². The zero-order valence-corrected chi connectivity index (χ0v) is 14.2. The summed E-state index contributed by atoms with van der Waals surface area (Å²) in [5, 5.41) is 0. The average molecular weight is 317 g/mol. The molecule has 23 heavy (non-hydrogen) atoms. The maximum absolute atomic E-state index is 12.4. The number of carbonyl (C=O) groups excluding carboxylic acids is 1. The van der Waals surface area contributed by atoms with Crippen LogP contribution in [0.3, 0.4) is 0 Å². The maximum Gasteiger partial charge on any atom is 0.222 e. The number of benzene rings is 1. The van der Waals surface area contributed by atoms with Gasteiger partial charge in [0.1, 0.15) is 6.10 Å². The van der Waals surface area contributed by atoms with Gasteiger partial charge in [0.2, 0.25) is 5.91 Å². The van der Waals surface area contributed by atoms with Gasteiger partial charge in [-0.15, -0.1) is 0 Å². The van der Waals surface area contributed by atoms with Crippen molar-refractivity contribution in [1.29, 1.82) is 0 Å². The monoisotopic (exact) mass is 317 g/mol. The lowest BCUT2D eigenvalue weighted by Crippen LogP contribution is -2.34. The molecule has 0 N–H and O–H groups in total. The van der Waals surface area contributed by atoms with E-state index in [4.69, 9.17) is 9.47 Å². The normalized spacial score (nSPS) is 26.8. The molecule has 2 aliphatic rings. The zero-order valence-electron chi connectivity index (χ0n) is 14.2. The second kappa shape index (κ2) is 7.45. The van der Waals surface area contributed by atoms with Gasteiger partial charge in [0, 0.05) is 13.5 Å². The summed E-state index contributed by atoms with van der Waals surface area (Å²) in [5.74, 6) is 0.180. The van der Waals surface area contributed by atoms with Crippen LogP contribution >= 0.6 is 0 Å². The summed E-state index contributed by atoms with van der Waals surface area (Å²) in [6, 6.07) is 8.39. The molecule has 0 aromatic heterocycles. The smallest absolute Gasteiger partial charge is 0.222 e. The molecule has 2 aliphatic heterocycles. The number of rotatable bonds is 5. The molecule has 0 bridgehead atoms. The van der Waals surface area contributed by atoms with E-state index in [0.29, 0.717) is 19.1 Å². The van der Waals surface area contributed by atoms with Gasteiger partial charge >= 0.3 is 0 Å². The number of amides is 1. The molecule has 2 heterocycles. The molecule has 0 aliphatic carbocycles. The molecule has 1 saturated heterocycles. The molecule has 1 aromatic carbocycles. The minimum atomic E-state index is -0.00310. The Morgan fingerprint density at radius 2 is 2.13 bits per heavy atom. The van der Waals surface area contributed by atoms with Crippen LogP contribution < -0.4 is 0 Å². The molecule has 3 atom stereocenters. The third-order valence-corrected chi connectivity index (χ3v) is 4.96. The van der Waals surface area contributed by atoms with Crippen molar-refractivity contribution in [2.24, 2.45) is 0 Å². The zero-order chi connectivity index (χ0) is 16.2. The summed E-state index contributed by atoms with van der Waals surface area (Å²) in [4.78, 5) is 14.2. The van der Waals surface area contributed by atoms with Crippen LogP contribution in [0.1, 0.15) is 49.8 Å². The van der Waals surface area contributed by atoms with E-state index in [2.05, 4.69) is 25.1 Å². The van der Waals surface area contributed by atoms with Gasteiger partial charge in [0.15, 0.2) is 0 Å². The second-order valence-electron chi connectivity index (χ2n) is 6.77. The lowest BCUT2D eigenvalue weighted by Gasteiger charge is -2.30. The molecular weight excluding hydrogens is 290 g/mol. The summed E-state index contributed by atoms with van der Waals surface area (Å²) in [6.07, 6.45) is 5.14. The fourth-order valence-corrected chi connectivity index (χ4v) is 3.55. The first kappa shape index (κ1) is 16.5. The number of nitrogens with zero attached hydrogens (tertiary/aromatic N) is 1. The van der Waals surface area contributed by atoms with Crippen LogP contribution in [0.4, 0.5) is 0 Å². The van der Waals surface area contributed by atoms with Gasteiger partial charge in [-0.3, -0.25) is 4.79 Å². The van der Waals surface area contributed by atoms with Crippen molar-refractivity contribution in [2.45, 2.75) is 57.3 Å². The van der Waals surface area contributed by atoms with Crippen LogP contribution in [0.2, 0.25) is 0 Å². The largest absolute Gasteiger partial charge is 0.375 e. The van der Waals surface area contributed by atoms with E-state index in [1.54, 1.807) is 0 Å². The van der Waals surface area contributed by atoms with Gasteiger partial charge in [-0.2, -0.15) is 0 Å². The Morgan fingerprint density at radius 3 is 2.91 bits per heavy atom. The van der Waals surface area contributed by atoms with Crippen LogP contribution in [0, 0.1) is 0 Å². The Balaban J connectivity index is 1.51. The Kier molecular flexibility index (Phi) is 5.34. The molecule has 4 heteroatoms. The van der Waals surface area contributed by atoms with Crippen LogP contribution in [0.5, 0.6) is 0 Å². The van der Waals surface area contributed by atoms with Crippen molar-refractivity contribution in [3.63, 3.8) is 0 Å². The van der Waals surface area contributed by atoms with E-state index in [9.17, 15) is 4.79 Å². The topological polar surface area (TPSA) is 38.8 Å². The van der Waals surface area contributed by atoms with Crippen LogP contribution in [0.15, 0.2) is 24.3 Å². The number of carbonyl (C=O) groups is 1. The van der Waals surface area contributed by atoms with E-state index >= 15 is 0 Å². The molecule has 0 unspecified atom stereocenters. The third-order valence-electron chi connectivity index (χ3n) is 4.96. The molecule has 3 rings (SSSR count). The molecule has 4 nitrogen and oxygen atoms in total. The van der Waals surface area contributed by atoms with Crippen molar-refractivity contribution in [1.82, 2.24) is 4.90 Å². The van der Waals surface area contributed by atoms with Gasteiger partial charge in [-0.05, 0) is 43.7 Å². The van der Waals surface area contributed by atoms with Crippen molar-refractivity contribution in [3.8, 4) is 0 Å². The van der Waals surface area contributed by atoms with Gasteiger partial charge < -0.3 is 14.4 Å². The number of ether oxygens (including phenoxy) is 2. The highest BCUT2D eigenvalue weighted by Gasteiger charge is 2.25. The fraction of sp³-hybridized carbons (Fsp3) is 0.632. The molecule has 1 fully saturated rings. The average Bonchev–Trinajstić information content (AvgIpc) is 2.98. The fourth-order valence-electron chi connectivity index (χ4n) is 3.55. The Hall–Kier alpha value is -1.39. The number of fused-ring (bicyclic) bond motifs is 1. The van der Waals surface area contributed by atoms with E-state index in [1.807, 2.05) is 18.0 Å². The first-order chi connectivity index (χ1) is 11.1. The Bertz CT molecular complexity index is 545.